The molecule has 1 aromatic carbocycles. The standard InChI is InChI=1S/C15H11ClN4/c16-11-5-6-15-18-12(8-19(15)7-11)9-20-10-17-13-3-1-2-4-14(13)20/h1-8,10H,9H2. The third-order valence-corrected chi connectivity index (χ3v) is 3.55. The number of hydrogen-bond donors (Lipinski definition) is 0. The van der Waals surface area contributed by atoms with Gasteiger partial charge < -0.3 is 8.97 Å². The van der Waals surface area contributed by atoms with Crippen LogP contribution < -0.4 is 0 Å². The van der Waals surface area contributed by atoms with Crippen LogP contribution in [-0.2, 0) is 6.54 Å². The third kappa shape index (κ3) is 1.85. The smallest absolute Gasteiger partial charge is 0.137 e. The van der Waals surface area contributed by atoms with Crippen molar-refractivity contribution in [2.24, 2.45) is 0 Å². The van der Waals surface area contributed by atoms with E-state index in [-0.39, 0.29) is 0 Å². The molecule has 0 aliphatic heterocycles. The van der Waals surface area contributed by atoms with Gasteiger partial charge in [-0.05, 0) is 24.3 Å². The van der Waals surface area contributed by atoms with E-state index in [0.29, 0.717) is 11.6 Å². The highest BCUT2D eigenvalue weighted by Crippen LogP contribution is 2.15. The van der Waals surface area contributed by atoms with Gasteiger partial charge in [-0.3, -0.25) is 0 Å². The van der Waals surface area contributed by atoms with Crippen molar-refractivity contribution < 1.29 is 0 Å². The molecule has 0 radical (unpaired) electrons. The van der Waals surface area contributed by atoms with Gasteiger partial charge in [0, 0.05) is 12.4 Å². The highest BCUT2D eigenvalue weighted by Gasteiger charge is 2.06. The van der Waals surface area contributed by atoms with Crippen molar-refractivity contribution in [3.05, 3.63) is 65.8 Å². The molecule has 5 heteroatoms. The third-order valence-electron chi connectivity index (χ3n) is 3.32. The number of benzene rings is 1. The van der Waals surface area contributed by atoms with Crippen LogP contribution in [0.1, 0.15) is 5.69 Å². The number of aromatic nitrogens is 4. The van der Waals surface area contributed by atoms with E-state index >= 15 is 0 Å². The fourth-order valence-corrected chi connectivity index (χ4v) is 2.57. The Kier molecular flexibility index (Phi) is 2.50. The van der Waals surface area contributed by atoms with Crippen LogP contribution in [0.2, 0.25) is 5.02 Å². The Morgan fingerprint density at radius 2 is 1.95 bits per heavy atom. The lowest BCUT2D eigenvalue weighted by molar-refractivity contribution is 0.804. The van der Waals surface area contributed by atoms with Crippen LogP contribution in [0.5, 0.6) is 0 Å². The monoisotopic (exact) mass is 282 g/mol. The van der Waals surface area contributed by atoms with Gasteiger partial charge in [-0.25, -0.2) is 9.97 Å². The summed E-state index contributed by atoms with van der Waals surface area (Å²) in [5, 5.41) is 0.703. The second-order valence-electron chi connectivity index (χ2n) is 4.71. The maximum Gasteiger partial charge on any atom is 0.137 e. The van der Waals surface area contributed by atoms with Gasteiger partial charge in [0.05, 0.1) is 34.6 Å². The van der Waals surface area contributed by atoms with Gasteiger partial charge in [-0.2, -0.15) is 0 Å². The average Bonchev–Trinajstić information content (AvgIpc) is 3.03. The van der Waals surface area contributed by atoms with Crippen molar-refractivity contribution in [3.8, 4) is 0 Å². The molecule has 0 atom stereocenters. The van der Waals surface area contributed by atoms with Gasteiger partial charge in [0.2, 0.25) is 0 Å². The fourth-order valence-electron chi connectivity index (χ4n) is 2.40. The van der Waals surface area contributed by atoms with Gasteiger partial charge in [-0.1, -0.05) is 23.7 Å². The van der Waals surface area contributed by atoms with E-state index < -0.39 is 0 Å². The number of rotatable bonds is 2. The van der Waals surface area contributed by atoms with E-state index in [1.54, 1.807) is 0 Å². The molecule has 0 saturated carbocycles. The molecular weight excluding hydrogens is 272 g/mol. The van der Waals surface area contributed by atoms with Crippen LogP contribution in [0, 0.1) is 0 Å². The van der Waals surface area contributed by atoms with Crippen LogP contribution in [0.4, 0.5) is 0 Å². The zero-order chi connectivity index (χ0) is 13.5. The minimum absolute atomic E-state index is 0.694. The topological polar surface area (TPSA) is 35.1 Å². The average molecular weight is 283 g/mol. The summed E-state index contributed by atoms with van der Waals surface area (Å²) in [6.45, 7) is 0.694. The zero-order valence-corrected chi connectivity index (χ0v) is 11.3. The highest BCUT2D eigenvalue weighted by molar-refractivity contribution is 6.30. The quantitative estimate of drug-likeness (QED) is 0.565. The molecule has 20 heavy (non-hydrogen) atoms. The first-order valence-electron chi connectivity index (χ1n) is 6.32. The molecular formula is C15H11ClN4. The van der Waals surface area contributed by atoms with E-state index in [2.05, 4.69) is 20.6 Å². The zero-order valence-electron chi connectivity index (χ0n) is 10.6. The summed E-state index contributed by atoms with van der Waals surface area (Å²) in [6.07, 6.45) is 5.71. The summed E-state index contributed by atoms with van der Waals surface area (Å²) in [5.74, 6) is 0. The second kappa shape index (κ2) is 4.35. The molecule has 0 aliphatic rings. The van der Waals surface area contributed by atoms with Crippen molar-refractivity contribution in [2.45, 2.75) is 6.54 Å². The molecule has 3 heterocycles. The predicted molar refractivity (Wildman–Crippen MR) is 79.0 cm³/mol. The van der Waals surface area contributed by atoms with Gasteiger partial charge in [0.15, 0.2) is 0 Å². The fraction of sp³-hybridized carbons (Fsp3) is 0.0667. The minimum atomic E-state index is 0.694. The molecule has 0 fully saturated rings. The SMILES string of the molecule is Clc1ccc2nc(Cn3cnc4ccccc43)cn2c1. The summed E-state index contributed by atoms with van der Waals surface area (Å²) in [6, 6.07) is 11.8. The van der Waals surface area contributed by atoms with Gasteiger partial charge >= 0.3 is 0 Å². The molecule has 4 nitrogen and oxygen atoms in total. The van der Waals surface area contributed by atoms with Crippen LogP contribution in [0.15, 0.2) is 55.1 Å². The van der Waals surface area contributed by atoms with Crippen LogP contribution in [-0.4, -0.2) is 18.9 Å². The summed E-state index contributed by atoms with van der Waals surface area (Å²) < 4.78 is 4.04. The molecule has 0 N–H and O–H groups in total. The maximum atomic E-state index is 5.98. The van der Waals surface area contributed by atoms with E-state index in [1.807, 2.05) is 53.5 Å². The number of nitrogens with zero attached hydrogens (tertiary/aromatic N) is 4. The Morgan fingerprint density at radius 3 is 2.90 bits per heavy atom. The first-order chi connectivity index (χ1) is 9.79. The summed E-state index contributed by atoms with van der Waals surface area (Å²) >= 11 is 5.98. The number of hydrogen-bond acceptors (Lipinski definition) is 2. The number of pyridine rings is 1. The van der Waals surface area contributed by atoms with Gasteiger partial charge in [0.25, 0.3) is 0 Å². The van der Waals surface area contributed by atoms with Crippen molar-refractivity contribution in [2.75, 3.05) is 0 Å². The van der Waals surface area contributed by atoms with Crippen molar-refractivity contribution in [3.63, 3.8) is 0 Å². The second-order valence-corrected chi connectivity index (χ2v) is 5.14. The number of imidazole rings is 2. The Labute approximate surface area is 120 Å². The van der Waals surface area contributed by atoms with Crippen LogP contribution in [0.3, 0.4) is 0 Å². The first-order valence-corrected chi connectivity index (χ1v) is 6.70. The molecule has 98 valence electrons. The van der Waals surface area contributed by atoms with E-state index in [4.69, 9.17) is 11.6 Å². The van der Waals surface area contributed by atoms with Crippen molar-refractivity contribution >= 4 is 28.3 Å². The first kappa shape index (κ1) is 11.5. The van der Waals surface area contributed by atoms with Crippen LogP contribution >= 0.6 is 11.6 Å². The van der Waals surface area contributed by atoms with Crippen LogP contribution in [0.25, 0.3) is 16.7 Å². The Bertz CT molecular complexity index is 906. The minimum Gasteiger partial charge on any atom is -0.324 e. The Balaban J connectivity index is 1.76. The number of halogens is 1. The predicted octanol–water partition coefficient (Wildman–Crippen LogP) is 3.39. The van der Waals surface area contributed by atoms with Gasteiger partial charge in [-0.15, -0.1) is 0 Å². The molecule has 0 amide bonds. The van der Waals surface area contributed by atoms with Crippen molar-refractivity contribution in [1.29, 1.82) is 0 Å². The lowest BCUT2D eigenvalue weighted by Gasteiger charge is -2.00. The Hall–Kier alpha value is -2.33. The Morgan fingerprint density at radius 1 is 1.05 bits per heavy atom. The lowest BCUT2D eigenvalue weighted by Crippen LogP contribution is -1.97. The lowest BCUT2D eigenvalue weighted by atomic mass is 10.3. The highest BCUT2D eigenvalue weighted by atomic mass is 35.5. The molecule has 0 saturated heterocycles. The van der Waals surface area contributed by atoms with E-state index in [9.17, 15) is 0 Å². The normalized spacial score (nSPS) is 11.4. The number of para-hydroxylation sites is 2. The molecule has 4 rings (SSSR count). The summed E-state index contributed by atoms with van der Waals surface area (Å²) in [4.78, 5) is 8.98. The largest absolute Gasteiger partial charge is 0.324 e. The van der Waals surface area contributed by atoms with Gasteiger partial charge in [0.1, 0.15) is 5.65 Å². The molecule has 0 spiro atoms. The molecule has 3 aromatic heterocycles. The van der Waals surface area contributed by atoms with Crippen molar-refractivity contribution in [1.82, 2.24) is 18.9 Å². The number of fused-ring (bicyclic) bond motifs is 2. The van der Waals surface area contributed by atoms with E-state index in [1.165, 1.54) is 0 Å². The summed E-state index contributed by atoms with van der Waals surface area (Å²) in [7, 11) is 0. The molecule has 0 bridgehead atoms. The summed E-state index contributed by atoms with van der Waals surface area (Å²) in [5.41, 5.74) is 3.99. The maximum absolute atomic E-state index is 5.98. The van der Waals surface area contributed by atoms with E-state index in [0.717, 1.165) is 22.4 Å². The molecule has 4 aromatic rings. The molecule has 0 aliphatic carbocycles. The molecule has 0 unspecified atom stereocenters.